The fourth-order valence-electron chi connectivity index (χ4n) is 2.59. The molecule has 0 aliphatic carbocycles. The van der Waals surface area contributed by atoms with Crippen molar-refractivity contribution >= 4 is 16.8 Å². The fourth-order valence-corrected chi connectivity index (χ4v) is 2.59. The molecule has 1 aliphatic rings. The van der Waals surface area contributed by atoms with Crippen LogP contribution in [0, 0.1) is 11.3 Å². The van der Waals surface area contributed by atoms with Crippen LogP contribution in [0.1, 0.15) is 18.2 Å². The van der Waals surface area contributed by atoms with E-state index in [9.17, 15) is 10.1 Å². The Labute approximate surface area is 122 Å². The number of hydrogen-bond acceptors (Lipinski definition) is 4. The van der Waals surface area contributed by atoms with Gasteiger partial charge < -0.3 is 9.30 Å². The number of carbonyl (C=O) groups excluding carboxylic acids is 1. The standard InChI is InChI=1S/C16H15N3O2/c1-19-14-5-3-2-4-13(14)18-16(19)12(10-17)15(20)11-6-8-21-9-7-11/h2-6,12H,7-9H2,1H3/t12-/m1/s1. The van der Waals surface area contributed by atoms with E-state index in [0.717, 1.165) is 11.0 Å². The molecule has 106 valence electrons. The predicted molar refractivity (Wildman–Crippen MR) is 77.6 cm³/mol. The number of nitriles is 1. The van der Waals surface area contributed by atoms with Crippen molar-refractivity contribution < 1.29 is 9.53 Å². The molecule has 0 spiro atoms. The molecule has 5 nitrogen and oxygen atoms in total. The smallest absolute Gasteiger partial charge is 0.183 e. The fraction of sp³-hybridized carbons (Fsp3) is 0.312. The van der Waals surface area contributed by atoms with Gasteiger partial charge in [-0.15, -0.1) is 0 Å². The van der Waals surface area contributed by atoms with Gasteiger partial charge in [0.25, 0.3) is 0 Å². The van der Waals surface area contributed by atoms with E-state index >= 15 is 0 Å². The second-order valence-electron chi connectivity index (χ2n) is 5.00. The molecule has 0 N–H and O–H groups in total. The van der Waals surface area contributed by atoms with Crippen LogP contribution in [0.25, 0.3) is 11.0 Å². The minimum absolute atomic E-state index is 0.167. The number of hydrogen-bond donors (Lipinski definition) is 0. The van der Waals surface area contributed by atoms with E-state index in [-0.39, 0.29) is 5.78 Å². The van der Waals surface area contributed by atoms with Crippen LogP contribution in [-0.2, 0) is 16.6 Å². The van der Waals surface area contributed by atoms with Gasteiger partial charge in [0.2, 0.25) is 0 Å². The molecule has 0 bridgehead atoms. The number of carbonyl (C=O) groups is 1. The lowest BCUT2D eigenvalue weighted by molar-refractivity contribution is -0.116. The quantitative estimate of drug-likeness (QED) is 0.864. The third-order valence-corrected chi connectivity index (χ3v) is 3.75. The highest BCUT2D eigenvalue weighted by Gasteiger charge is 2.28. The molecule has 21 heavy (non-hydrogen) atoms. The summed E-state index contributed by atoms with van der Waals surface area (Å²) in [6.07, 6.45) is 2.32. The number of benzene rings is 1. The first kappa shape index (κ1) is 13.5. The molecule has 0 fully saturated rings. The lowest BCUT2D eigenvalue weighted by Gasteiger charge is -2.15. The van der Waals surface area contributed by atoms with Gasteiger partial charge in [0.05, 0.1) is 30.3 Å². The SMILES string of the molecule is Cn1c([C@H](C#N)C(=O)C2=CCOCC2)nc2ccccc21. The maximum absolute atomic E-state index is 12.6. The van der Waals surface area contributed by atoms with Crippen molar-refractivity contribution in [3.05, 3.63) is 41.7 Å². The number of fused-ring (bicyclic) bond motifs is 1. The number of nitrogens with zero attached hydrogens (tertiary/aromatic N) is 3. The summed E-state index contributed by atoms with van der Waals surface area (Å²) in [7, 11) is 1.83. The third kappa shape index (κ3) is 2.34. The van der Waals surface area contributed by atoms with Crippen molar-refractivity contribution in [3.8, 4) is 6.07 Å². The Balaban J connectivity index is 2.02. The number of aromatic nitrogens is 2. The van der Waals surface area contributed by atoms with Crippen LogP contribution >= 0.6 is 0 Å². The highest BCUT2D eigenvalue weighted by molar-refractivity contribution is 6.02. The molecule has 0 saturated heterocycles. The molecule has 1 aliphatic heterocycles. The maximum atomic E-state index is 12.6. The van der Waals surface area contributed by atoms with Crippen molar-refractivity contribution in [2.75, 3.05) is 13.2 Å². The lowest BCUT2D eigenvalue weighted by Crippen LogP contribution is -2.20. The minimum Gasteiger partial charge on any atom is -0.377 e. The molecule has 2 heterocycles. The van der Waals surface area contributed by atoms with Crippen molar-refractivity contribution in [2.24, 2.45) is 7.05 Å². The summed E-state index contributed by atoms with van der Waals surface area (Å²) in [5.74, 6) is -0.540. The van der Waals surface area contributed by atoms with Gasteiger partial charge in [-0.25, -0.2) is 4.98 Å². The summed E-state index contributed by atoms with van der Waals surface area (Å²) < 4.78 is 7.03. The van der Waals surface area contributed by atoms with Crippen LogP contribution in [0.15, 0.2) is 35.9 Å². The Kier molecular flexibility index (Phi) is 3.55. The van der Waals surface area contributed by atoms with Crippen LogP contribution in [-0.4, -0.2) is 28.5 Å². The van der Waals surface area contributed by atoms with Gasteiger partial charge in [-0.2, -0.15) is 5.26 Å². The summed E-state index contributed by atoms with van der Waals surface area (Å²) >= 11 is 0. The van der Waals surface area contributed by atoms with E-state index in [1.807, 2.05) is 35.9 Å². The van der Waals surface area contributed by atoms with Crippen molar-refractivity contribution in [3.63, 3.8) is 0 Å². The molecule has 3 rings (SSSR count). The maximum Gasteiger partial charge on any atom is 0.183 e. The molecule has 0 amide bonds. The molecule has 1 aromatic heterocycles. The van der Waals surface area contributed by atoms with E-state index in [1.54, 1.807) is 6.08 Å². The van der Waals surface area contributed by atoms with Crippen LogP contribution in [0.4, 0.5) is 0 Å². The average Bonchev–Trinajstić information content (AvgIpc) is 2.86. The monoisotopic (exact) mass is 281 g/mol. The zero-order chi connectivity index (χ0) is 14.8. The van der Waals surface area contributed by atoms with Gasteiger partial charge >= 0.3 is 0 Å². The zero-order valence-corrected chi connectivity index (χ0v) is 11.7. The van der Waals surface area contributed by atoms with Crippen molar-refractivity contribution in [1.29, 1.82) is 5.26 Å². The number of Topliss-reactive ketones (excluding diaryl/α,β-unsaturated/α-hetero) is 1. The average molecular weight is 281 g/mol. The number of para-hydroxylation sites is 2. The lowest BCUT2D eigenvalue weighted by atomic mass is 9.95. The van der Waals surface area contributed by atoms with Crippen LogP contribution in [0.5, 0.6) is 0 Å². The number of imidazole rings is 1. The van der Waals surface area contributed by atoms with E-state index in [1.165, 1.54) is 0 Å². The number of aryl methyl sites for hydroxylation is 1. The molecule has 0 unspecified atom stereocenters. The first-order valence-electron chi connectivity index (χ1n) is 6.84. The van der Waals surface area contributed by atoms with Crippen LogP contribution in [0.2, 0.25) is 0 Å². The first-order valence-corrected chi connectivity index (χ1v) is 6.84. The second-order valence-corrected chi connectivity index (χ2v) is 5.00. The summed E-state index contributed by atoms with van der Waals surface area (Å²) in [6.45, 7) is 0.958. The number of ketones is 1. The molecule has 1 aromatic carbocycles. The Morgan fingerprint density at radius 3 is 2.95 bits per heavy atom. The summed E-state index contributed by atoms with van der Waals surface area (Å²) in [5, 5.41) is 9.45. The molecular formula is C16H15N3O2. The van der Waals surface area contributed by atoms with Gasteiger partial charge in [-0.1, -0.05) is 18.2 Å². The normalized spacial score (nSPS) is 16.3. The van der Waals surface area contributed by atoms with Gasteiger partial charge in [0, 0.05) is 7.05 Å². The third-order valence-electron chi connectivity index (χ3n) is 3.75. The van der Waals surface area contributed by atoms with E-state index in [4.69, 9.17) is 4.74 Å². The summed E-state index contributed by atoms with van der Waals surface area (Å²) in [4.78, 5) is 17.0. The van der Waals surface area contributed by atoms with Gasteiger partial charge in [-0.3, -0.25) is 4.79 Å². The zero-order valence-electron chi connectivity index (χ0n) is 11.7. The Morgan fingerprint density at radius 1 is 1.48 bits per heavy atom. The highest BCUT2D eigenvalue weighted by atomic mass is 16.5. The van der Waals surface area contributed by atoms with Gasteiger partial charge in [0.1, 0.15) is 5.82 Å². The Morgan fingerprint density at radius 2 is 2.29 bits per heavy atom. The minimum atomic E-state index is -0.869. The predicted octanol–water partition coefficient (Wildman–Crippen LogP) is 2.10. The largest absolute Gasteiger partial charge is 0.377 e. The van der Waals surface area contributed by atoms with Crippen LogP contribution in [0.3, 0.4) is 0 Å². The molecule has 2 aromatic rings. The molecule has 5 heteroatoms. The highest BCUT2D eigenvalue weighted by Crippen LogP contribution is 2.25. The van der Waals surface area contributed by atoms with Crippen LogP contribution < -0.4 is 0 Å². The number of rotatable bonds is 3. The second kappa shape index (κ2) is 5.51. The molecular weight excluding hydrogens is 266 g/mol. The number of ether oxygens (including phenoxy) is 1. The van der Waals surface area contributed by atoms with Crippen molar-refractivity contribution in [2.45, 2.75) is 12.3 Å². The molecule has 0 radical (unpaired) electrons. The molecule has 0 saturated carbocycles. The Bertz CT molecular complexity index is 767. The first-order chi connectivity index (χ1) is 10.2. The Hall–Kier alpha value is -2.45. The van der Waals surface area contributed by atoms with E-state index < -0.39 is 5.92 Å². The van der Waals surface area contributed by atoms with Gasteiger partial charge in [-0.05, 0) is 24.1 Å². The topological polar surface area (TPSA) is 67.9 Å². The van der Waals surface area contributed by atoms with Crippen molar-refractivity contribution in [1.82, 2.24) is 9.55 Å². The molecule has 1 atom stereocenters. The van der Waals surface area contributed by atoms with Gasteiger partial charge in [0.15, 0.2) is 11.7 Å². The summed E-state index contributed by atoms with van der Waals surface area (Å²) in [5.41, 5.74) is 2.38. The van der Waals surface area contributed by atoms with E-state index in [2.05, 4.69) is 11.1 Å². The van der Waals surface area contributed by atoms with E-state index in [0.29, 0.717) is 31.0 Å². The summed E-state index contributed by atoms with van der Waals surface area (Å²) in [6, 6.07) is 9.72.